The SMILES string of the molecule is CNC(c1cc(F)cc(F)c1)c1ccc(F)c(Cl)c1. The van der Waals surface area contributed by atoms with Crippen molar-refractivity contribution in [2.75, 3.05) is 7.05 Å². The molecule has 0 aromatic heterocycles. The Balaban J connectivity index is 2.46. The predicted octanol–water partition coefficient (Wildman–Crippen LogP) is 4.07. The van der Waals surface area contributed by atoms with E-state index in [9.17, 15) is 13.2 Å². The summed E-state index contributed by atoms with van der Waals surface area (Å²) in [5.41, 5.74) is 1.03. The van der Waals surface area contributed by atoms with Crippen molar-refractivity contribution in [1.82, 2.24) is 5.32 Å². The molecule has 0 aliphatic heterocycles. The maximum absolute atomic E-state index is 13.2. The Morgan fingerprint density at radius 3 is 2.11 bits per heavy atom. The lowest BCUT2D eigenvalue weighted by molar-refractivity contribution is 0.571. The highest BCUT2D eigenvalue weighted by Crippen LogP contribution is 2.26. The van der Waals surface area contributed by atoms with Crippen LogP contribution in [0.3, 0.4) is 0 Å². The third kappa shape index (κ3) is 3.08. The molecule has 2 aromatic rings. The fourth-order valence-electron chi connectivity index (χ4n) is 1.96. The number of hydrogen-bond acceptors (Lipinski definition) is 1. The molecule has 2 rings (SSSR count). The van der Waals surface area contributed by atoms with Gasteiger partial charge in [-0.25, -0.2) is 13.2 Å². The first-order valence-electron chi connectivity index (χ1n) is 5.59. The average Bonchev–Trinajstić information content (AvgIpc) is 2.33. The fraction of sp³-hybridized carbons (Fsp3) is 0.143. The molecule has 2 aromatic carbocycles. The molecule has 1 atom stereocenters. The fourth-order valence-corrected chi connectivity index (χ4v) is 2.15. The quantitative estimate of drug-likeness (QED) is 0.896. The molecule has 0 amide bonds. The number of nitrogens with one attached hydrogen (secondary N) is 1. The molecule has 0 radical (unpaired) electrons. The third-order valence-corrected chi connectivity index (χ3v) is 3.07. The Bertz CT molecular complexity index is 581. The van der Waals surface area contributed by atoms with Crippen molar-refractivity contribution in [3.63, 3.8) is 0 Å². The number of rotatable bonds is 3. The lowest BCUT2D eigenvalue weighted by Crippen LogP contribution is -2.18. The molecule has 100 valence electrons. The van der Waals surface area contributed by atoms with Crippen LogP contribution in [-0.4, -0.2) is 7.05 Å². The summed E-state index contributed by atoms with van der Waals surface area (Å²) in [6, 6.07) is 6.95. The van der Waals surface area contributed by atoms with E-state index in [0.717, 1.165) is 6.07 Å². The summed E-state index contributed by atoms with van der Waals surface area (Å²) < 4.78 is 39.6. The van der Waals surface area contributed by atoms with Crippen LogP contribution in [0.15, 0.2) is 36.4 Å². The Labute approximate surface area is 114 Å². The van der Waals surface area contributed by atoms with Gasteiger partial charge in [0.1, 0.15) is 17.5 Å². The predicted molar refractivity (Wildman–Crippen MR) is 68.7 cm³/mol. The molecule has 1 nitrogen and oxygen atoms in total. The molecule has 1 unspecified atom stereocenters. The molecule has 19 heavy (non-hydrogen) atoms. The minimum absolute atomic E-state index is 0.0328. The molecule has 0 heterocycles. The van der Waals surface area contributed by atoms with Crippen molar-refractivity contribution < 1.29 is 13.2 Å². The summed E-state index contributed by atoms with van der Waals surface area (Å²) in [6.07, 6.45) is 0. The monoisotopic (exact) mass is 285 g/mol. The van der Waals surface area contributed by atoms with Crippen molar-refractivity contribution in [3.05, 3.63) is 70.0 Å². The smallest absolute Gasteiger partial charge is 0.141 e. The Hall–Kier alpha value is -1.52. The van der Waals surface area contributed by atoms with E-state index >= 15 is 0 Å². The first-order chi connectivity index (χ1) is 9.01. The van der Waals surface area contributed by atoms with E-state index in [2.05, 4.69) is 5.32 Å². The molecule has 0 bridgehead atoms. The molecule has 0 aliphatic carbocycles. The van der Waals surface area contributed by atoms with Gasteiger partial charge in [-0.05, 0) is 42.4 Å². The second-order valence-corrected chi connectivity index (χ2v) is 4.51. The summed E-state index contributed by atoms with van der Waals surface area (Å²) in [5.74, 6) is -1.86. The Kier molecular flexibility index (Phi) is 4.12. The van der Waals surface area contributed by atoms with Crippen LogP contribution in [0.2, 0.25) is 5.02 Å². The van der Waals surface area contributed by atoms with E-state index in [1.165, 1.54) is 30.3 Å². The van der Waals surface area contributed by atoms with Crippen LogP contribution in [0.25, 0.3) is 0 Å². The highest BCUT2D eigenvalue weighted by atomic mass is 35.5. The molecule has 1 N–H and O–H groups in total. The summed E-state index contributed by atoms with van der Waals surface area (Å²) in [4.78, 5) is 0. The summed E-state index contributed by atoms with van der Waals surface area (Å²) >= 11 is 5.71. The van der Waals surface area contributed by atoms with Crippen LogP contribution < -0.4 is 5.32 Å². The normalized spacial score (nSPS) is 12.5. The van der Waals surface area contributed by atoms with Crippen molar-refractivity contribution in [1.29, 1.82) is 0 Å². The number of halogens is 4. The minimum Gasteiger partial charge on any atom is -0.309 e. The molecule has 0 saturated carbocycles. The zero-order valence-electron chi connectivity index (χ0n) is 10.1. The summed E-state index contributed by atoms with van der Waals surface area (Å²) in [6.45, 7) is 0. The largest absolute Gasteiger partial charge is 0.309 e. The van der Waals surface area contributed by atoms with Crippen molar-refractivity contribution in [3.8, 4) is 0 Å². The molecule has 5 heteroatoms. The molecular formula is C14H11ClF3N. The first kappa shape index (κ1) is 13.9. The average molecular weight is 286 g/mol. The molecule has 0 saturated heterocycles. The van der Waals surface area contributed by atoms with E-state index in [4.69, 9.17) is 11.6 Å². The standard InChI is InChI=1S/C14H11ClF3N/c1-19-14(8-2-3-13(18)12(15)6-8)9-4-10(16)7-11(17)5-9/h2-7,14,19H,1H3. The Morgan fingerprint density at radius 2 is 1.58 bits per heavy atom. The van der Waals surface area contributed by atoms with Crippen LogP contribution in [0.1, 0.15) is 17.2 Å². The lowest BCUT2D eigenvalue weighted by atomic mass is 9.98. The Morgan fingerprint density at radius 1 is 0.947 bits per heavy atom. The van der Waals surface area contributed by atoms with Gasteiger partial charge in [-0.15, -0.1) is 0 Å². The van der Waals surface area contributed by atoms with Crippen molar-refractivity contribution >= 4 is 11.6 Å². The van der Waals surface area contributed by atoms with Gasteiger partial charge < -0.3 is 5.32 Å². The third-order valence-electron chi connectivity index (χ3n) is 2.78. The zero-order valence-corrected chi connectivity index (χ0v) is 10.8. The molecule has 0 fully saturated rings. The topological polar surface area (TPSA) is 12.0 Å². The van der Waals surface area contributed by atoms with Crippen LogP contribution in [0, 0.1) is 17.5 Å². The highest BCUT2D eigenvalue weighted by molar-refractivity contribution is 6.30. The number of hydrogen-bond donors (Lipinski definition) is 1. The van der Waals surface area contributed by atoms with E-state index in [1.807, 2.05) is 0 Å². The lowest BCUT2D eigenvalue weighted by Gasteiger charge is -2.18. The second kappa shape index (κ2) is 5.63. The van der Waals surface area contributed by atoms with Crippen molar-refractivity contribution in [2.45, 2.75) is 6.04 Å². The second-order valence-electron chi connectivity index (χ2n) is 4.10. The van der Waals surface area contributed by atoms with Gasteiger partial charge in [0, 0.05) is 6.07 Å². The van der Waals surface area contributed by atoms with Gasteiger partial charge >= 0.3 is 0 Å². The summed E-state index contributed by atoms with van der Waals surface area (Å²) in [7, 11) is 1.64. The van der Waals surface area contributed by atoms with Gasteiger partial charge in [-0.1, -0.05) is 17.7 Å². The van der Waals surface area contributed by atoms with Gasteiger partial charge in [0.25, 0.3) is 0 Å². The molecule has 0 spiro atoms. The van der Waals surface area contributed by atoms with Crippen molar-refractivity contribution in [2.24, 2.45) is 0 Å². The van der Waals surface area contributed by atoms with Gasteiger partial charge in [0.05, 0.1) is 11.1 Å². The maximum atomic E-state index is 13.2. The van der Waals surface area contributed by atoms with Gasteiger partial charge in [-0.2, -0.15) is 0 Å². The van der Waals surface area contributed by atoms with Gasteiger partial charge in [0.15, 0.2) is 0 Å². The zero-order chi connectivity index (χ0) is 14.0. The molecule has 0 aliphatic rings. The van der Waals surface area contributed by atoms with E-state index in [1.54, 1.807) is 7.05 Å². The van der Waals surface area contributed by atoms with E-state index < -0.39 is 23.5 Å². The first-order valence-corrected chi connectivity index (χ1v) is 5.97. The minimum atomic E-state index is -0.663. The van der Waals surface area contributed by atoms with Crippen LogP contribution in [0.5, 0.6) is 0 Å². The van der Waals surface area contributed by atoms with Crippen LogP contribution in [0.4, 0.5) is 13.2 Å². The highest BCUT2D eigenvalue weighted by Gasteiger charge is 2.15. The van der Waals surface area contributed by atoms with E-state index in [-0.39, 0.29) is 5.02 Å². The number of benzene rings is 2. The maximum Gasteiger partial charge on any atom is 0.141 e. The van der Waals surface area contributed by atoms with E-state index in [0.29, 0.717) is 11.1 Å². The van der Waals surface area contributed by atoms with Gasteiger partial charge in [0.2, 0.25) is 0 Å². The van der Waals surface area contributed by atoms with Crippen LogP contribution >= 0.6 is 11.6 Å². The summed E-state index contributed by atoms with van der Waals surface area (Å²) in [5, 5.41) is 2.89. The molecular weight excluding hydrogens is 275 g/mol. The van der Waals surface area contributed by atoms with Gasteiger partial charge in [-0.3, -0.25) is 0 Å². The van der Waals surface area contributed by atoms with Crippen LogP contribution in [-0.2, 0) is 0 Å².